The molecule has 3 rings (SSSR count). The van der Waals surface area contributed by atoms with Crippen LogP contribution in [0.2, 0.25) is 0 Å². The molecule has 1 saturated heterocycles. The number of nitriles is 2. The Morgan fingerprint density at radius 3 is 2.75 bits per heavy atom. The SMILES string of the molecule is N#Cc1cc2[nH]c(=S)n(CC3CCCO3)c2cc1C#N. The number of H-pyrrole nitrogens is 1. The van der Waals surface area contributed by atoms with E-state index in [-0.39, 0.29) is 6.10 Å². The maximum Gasteiger partial charge on any atom is 0.178 e. The molecule has 0 radical (unpaired) electrons. The summed E-state index contributed by atoms with van der Waals surface area (Å²) in [5.74, 6) is 0. The smallest absolute Gasteiger partial charge is 0.178 e. The van der Waals surface area contributed by atoms with E-state index in [0.717, 1.165) is 30.5 Å². The molecule has 0 amide bonds. The molecule has 0 spiro atoms. The predicted molar refractivity (Wildman–Crippen MR) is 75.5 cm³/mol. The molecule has 0 aliphatic carbocycles. The number of fused-ring (bicyclic) bond motifs is 1. The van der Waals surface area contributed by atoms with Crippen LogP contribution in [0.5, 0.6) is 0 Å². The highest BCUT2D eigenvalue weighted by molar-refractivity contribution is 7.71. The van der Waals surface area contributed by atoms with Gasteiger partial charge in [0, 0.05) is 6.61 Å². The van der Waals surface area contributed by atoms with Crippen LogP contribution in [0, 0.1) is 27.4 Å². The first-order chi connectivity index (χ1) is 9.72. The molecular formula is C14H12N4OS. The Balaban J connectivity index is 2.12. The second-order valence-electron chi connectivity index (χ2n) is 4.81. The van der Waals surface area contributed by atoms with Gasteiger partial charge in [-0.1, -0.05) is 0 Å². The van der Waals surface area contributed by atoms with Crippen molar-refractivity contribution in [3.05, 3.63) is 28.0 Å². The lowest BCUT2D eigenvalue weighted by atomic mass is 10.1. The van der Waals surface area contributed by atoms with E-state index < -0.39 is 0 Å². The molecule has 0 saturated carbocycles. The Morgan fingerprint density at radius 2 is 2.10 bits per heavy atom. The van der Waals surface area contributed by atoms with Crippen molar-refractivity contribution in [3.63, 3.8) is 0 Å². The van der Waals surface area contributed by atoms with Crippen molar-refractivity contribution in [2.24, 2.45) is 0 Å². The van der Waals surface area contributed by atoms with Gasteiger partial charge in [0.15, 0.2) is 4.77 Å². The minimum atomic E-state index is 0.168. The summed E-state index contributed by atoms with van der Waals surface area (Å²) in [4.78, 5) is 3.09. The molecule has 1 unspecified atom stereocenters. The molecule has 5 nitrogen and oxygen atoms in total. The molecule has 2 aromatic rings. The third-order valence-electron chi connectivity index (χ3n) is 3.56. The summed E-state index contributed by atoms with van der Waals surface area (Å²) in [5.41, 5.74) is 2.36. The lowest BCUT2D eigenvalue weighted by molar-refractivity contribution is 0.0976. The normalized spacial score (nSPS) is 18.0. The minimum absolute atomic E-state index is 0.168. The fraction of sp³-hybridized carbons (Fsp3) is 0.357. The second kappa shape index (κ2) is 5.09. The van der Waals surface area contributed by atoms with Crippen LogP contribution in [0.4, 0.5) is 0 Å². The summed E-state index contributed by atoms with van der Waals surface area (Å²) in [6.07, 6.45) is 2.26. The second-order valence-corrected chi connectivity index (χ2v) is 5.20. The van der Waals surface area contributed by atoms with Crippen molar-refractivity contribution >= 4 is 23.3 Å². The molecule has 1 fully saturated rings. The van der Waals surface area contributed by atoms with E-state index >= 15 is 0 Å². The zero-order chi connectivity index (χ0) is 14.1. The van der Waals surface area contributed by atoms with E-state index in [1.165, 1.54) is 0 Å². The van der Waals surface area contributed by atoms with Gasteiger partial charge in [0.1, 0.15) is 12.1 Å². The van der Waals surface area contributed by atoms with Gasteiger partial charge >= 0.3 is 0 Å². The first-order valence-corrected chi connectivity index (χ1v) is 6.82. The largest absolute Gasteiger partial charge is 0.376 e. The molecule has 1 aromatic carbocycles. The van der Waals surface area contributed by atoms with E-state index in [1.54, 1.807) is 12.1 Å². The van der Waals surface area contributed by atoms with Gasteiger partial charge in [0.2, 0.25) is 0 Å². The number of aromatic amines is 1. The van der Waals surface area contributed by atoms with Crippen LogP contribution in [-0.2, 0) is 11.3 Å². The van der Waals surface area contributed by atoms with Crippen LogP contribution in [-0.4, -0.2) is 22.3 Å². The van der Waals surface area contributed by atoms with Gasteiger partial charge in [0.05, 0.1) is 34.8 Å². The molecule has 0 bridgehead atoms. The number of ether oxygens (including phenoxy) is 1. The summed E-state index contributed by atoms with van der Waals surface area (Å²) < 4.78 is 8.17. The van der Waals surface area contributed by atoms with Gasteiger partial charge in [-0.05, 0) is 37.2 Å². The Kier molecular flexibility index (Phi) is 3.27. The molecule has 6 heteroatoms. The summed E-state index contributed by atoms with van der Waals surface area (Å²) in [6.45, 7) is 1.47. The van der Waals surface area contributed by atoms with E-state index in [0.29, 0.717) is 22.4 Å². The van der Waals surface area contributed by atoms with E-state index in [4.69, 9.17) is 27.5 Å². The summed E-state index contributed by atoms with van der Waals surface area (Å²) in [6, 6.07) is 7.48. The maximum atomic E-state index is 9.12. The number of nitrogens with zero attached hydrogens (tertiary/aromatic N) is 3. The highest BCUT2D eigenvalue weighted by Crippen LogP contribution is 2.22. The van der Waals surface area contributed by atoms with Crippen molar-refractivity contribution in [2.45, 2.75) is 25.5 Å². The van der Waals surface area contributed by atoms with Crippen LogP contribution in [0.1, 0.15) is 24.0 Å². The van der Waals surface area contributed by atoms with Crippen LogP contribution < -0.4 is 0 Å². The predicted octanol–water partition coefficient (Wildman–Crippen LogP) is 2.62. The van der Waals surface area contributed by atoms with Crippen molar-refractivity contribution in [3.8, 4) is 12.1 Å². The number of benzene rings is 1. The molecule has 20 heavy (non-hydrogen) atoms. The van der Waals surface area contributed by atoms with Crippen LogP contribution in [0.3, 0.4) is 0 Å². The average molecular weight is 284 g/mol. The Bertz CT molecular complexity index is 799. The van der Waals surface area contributed by atoms with Crippen molar-refractivity contribution in [2.75, 3.05) is 6.61 Å². The average Bonchev–Trinajstić information content (AvgIpc) is 3.06. The summed E-state index contributed by atoms with van der Waals surface area (Å²) in [5, 5.41) is 18.2. The Hall–Kier alpha value is -2.15. The summed E-state index contributed by atoms with van der Waals surface area (Å²) in [7, 11) is 0. The number of imidazole rings is 1. The van der Waals surface area contributed by atoms with Gasteiger partial charge in [-0.2, -0.15) is 10.5 Å². The standard InChI is InChI=1S/C14H12N4OS/c15-6-9-4-12-13(5-10(9)7-16)18(14(20)17-12)8-11-2-1-3-19-11/h4-5,11H,1-3,8H2,(H,17,20). The summed E-state index contributed by atoms with van der Waals surface area (Å²) >= 11 is 5.33. The van der Waals surface area contributed by atoms with Gasteiger partial charge in [-0.15, -0.1) is 0 Å². The quantitative estimate of drug-likeness (QED) is 0.860. The third-order valence-corrected chi connectivity index (χ3v) is 3.89. The van der Waals surface area contributed by atoms with Crippen molar-refractivity contribution in [1.29, 1.82) is 10.5 Å². The zero-order valence-corrected chi connectivity index (χ0v) is 11.5. The number of nitrogens with one attached hydrogen (secondary N) is 1. The topological polar surface area (TPSA) is 77.5 Å². The number of aromatic nitrogens is 2. The molecule has 1 aliphatic heterocycles. The first-order valence-electron chi connectivity index (χ1n) is 6.41. The monoisotopic (exact) mass is 284 g/mol. The molecule has 100 valence electrons. The highest BCUT2D eigenvalue weighted by Gasteiger charge is 2.18. The van der Waals surface area contributed by atoms with Gasteiger partial charge in [0.25, 0.3) is 0 Å². The van der Waals surface area contributed by atoms with Gasteiger partial charge in [-0.25, -0.2) is 0 Å². The van der Waals surface area contributed by atoms with Gasteiger partial charge < -0.3 is 14.3 Å². The molecule has 2 heterocycles. The zero-order valence-electron chi connectivity index (χ0n) is 10.7. The van der Waals surface area contributed by atoms with Crippen LogP contribution in [0.25, 0.3) is 11.0 Å². The van der Waals surface area contributed by atoms with Crippen molar-refractivity contribution < 1.29 is 4.74 Å². The number of rotatable bonds is 2. The third kappa shape index (κ3) is 2.09. The number of hydrogen-bond acceptors (Lipinski definition) is 4. The molecule has 1 aromatic heterocycles. The Labute approximate surface area is 121 Å². The Morgan fingerprint density at radius 1 is 1.35 bits per heavy atom. The molecule has 1 N–H and O–H groups in total. The molecule has 1 aliphatic rings. The fourth-order valence-corrected chi connectivity index (χ4v) is 2.84. The van der Waals surface area contributed by atoms with E-state index in [2.05, 4.69) is 11.1 Å². The van der Waals surface area contributed by atoms with Gasteiger partial charge in [-0.3, -0.25) is 0 Å². The van der Waals surface area contributed by atoms with Crippen LogP contribution in [0.15, 0.2) is 12.1 Å². The lowest BCUT2D eigenvalue weighted by Crippen LogP contribution is -2.14. The minimum Gasteiger partial charge on any atom is -0.376 e. The van der Waals surface area contributed by atoms with Crippen molar-refractivity contribution in [1.82, 2.24) is 9.55 Å². The first kappa shape index (κ1) is 12.9. The molecular weight excluding hydrogens is 272 g/mol. The highest BCUT2D eigenvalue weighted by atomic mass is 32.1. The maximum absolute atomic E-state index is 9.12. The molecule has 1 atom stereocenters. The van der Waals surface area contributed by atoms with Crippen LogP contribution >= 0.6 is 12.2 Å². The van der Waals surface area contributed by atoms with E-state index in [9.17, 15) is 0 Å². The lowest BCUT2D eigenvalue weighted by Gasteiger charge is -2.11. The fourth-order valence-electron chi connectivity index (χ4n) is 2.56. The number of hydrogen-bond donors (Lipinski definition) is 1. The van der Waals surface area contributed by atoms with E-state index in [1.807, 2.05) is 10.6 Å².